The van der Waals surface area contributed by atoms with Crippen molar-refractivity contribution in [2.24, 2.45) is 5.92 Å². The molecule has 0 aliphatic carbocycles. The number of amides is 1. The van der Waals surface area contributed by atoms with Crippen molar-refractivity contribution in [2.75, 3.05) is 38.1 Å². The molecule has 0 unspecified atom stereocenters. The van der Waals surface area contributed by atoms with Gasteiger partial charge in [-0.15, -0.1) is 11.3 Å². The van der Waals surface area contributed by atoms with Gasteiger partial charge in [0.25, 0.3) is 15.9 Å². The number of anilines is 1. The summed E-state index contributed by atoms with van der Waals surface area (Å²) < 4.78 is 82.3. The number of ether oxygens (including phenoxy) is 2. The Labute approximate surface area is 280 Å². The van der Waals surface area contributed by atoms with Crippen molar-refractivity contribution in [3.05, 3.63) is 71.4 Å². The van der Waals surface area contributed by atoms with Gasteiger partial charge >= 0.3 is 0 Å². The van der Waals surface area contributed by atoms with Gasteiger partial charge < -0.3 is 19.5 Å². The zero-order valence-corrected chi connectivity index (χ0v) is 29.3. The minimum absolute atomic E-state index is 0.0405. The van der Waals surface area contributed by atoms with E-state index in [1.807, 2.05) is 13.8 Å². The van der Waals surface area contributed by atoms with Gasteiger partial charge in [-0.1, -0.05) is 13.0 Å². The quantitative estimate of drug-likeness (QED) is 0.322. The normalized spacial score (nSPS) is 21.0. The van der Waals surface area contributed by atoms with Crippen LogP contribution in [0.5, 0.6) is 5.75 Å². The number of nitrogens with zero attached hydrogens (tertiary/aromatic N) is 2. The van der Waals surface area contributed by atoms with Gasteiger partial charge in [0.05, 0.1) is 35.3 Å². The number of hydrogen-bond acceptors (Lipinski definition) is 9. The molecule has 1 amide bonds. The maximum absolute atomic E-state index is 14.3. The zero-order chi connectivity index (χ0) is 34.4. The molecular formula is C32H42FN3O8S3. The van der Waals surface area contributed by atoms with E-state index in [9.17, 15) is 31.1 Å². The van der Waals surface area contributed by atoms with Crippen LogP contribution in [0.25, 0.3) is 0 Å². The molecule has 0 bridgehead atoms. The molecular weight excluding hydrogens is 670 g/mol. The number of hydrogen-bond donors (Lipinski definition) is 2. The predicted octanol–water partition coefficient (Wildman–Crippen LogP) is 4.80. The third kappa shape index (κ3) is 9.30. The van der Waals surface area contributed by atoms with Crippen LogP contribution in [0.1, 0.15) is 50.4 Å². The average Bonchev–Trinajstić information content (AvgIpc) is 3.59. The first kappa shape index (κ1) is 36.8. The average molecular weight is 712 g/mol. The van der Waals surface area contributed by atoms with Crippen LogP contribution in [-0.2, 0) is 24.8 Å². The fourth-order valence-electron chi connectivity index (χ4n) is 5.21. The van der Waals surface area contributed by atoms with Crippen LogP contribution in [0.2, 0.25) is 0 Å². The molecule has 1 aromatic heterocycles. The summed E-state index contributed by atoms with van der Waals surface area (Å²) in [5.74, 6) is -1.18. The monoisotopic (exact) mass is 711 g/mol. The van der Waals surface area contributed by atoms with Crippen LogP contribution in [-0.4, -0.2) is 88.7 Å². The first-order chi connectivity index (χ1) is 22.2. The first-order valence-electron chi connectivity index (χ1n) is 15.3. The lowest BCUT2D eigenvalue weighted by Crippen LogP contribution is -2.48. The number of carbonyl (C=O) groups excluding carboxylic acids is 1. The summed E-state index contributed by atoms with van der Waals surface area (Å²) in [5, 5.41) is 11.8. The SMILES string of the molecule is C[C@@H]1CN([C@H](C)CO)C(=O)c2cc(NS(=O)(=O)c3cccs3)ccc2O[C@@H](C)CCCCO[C@H]1CN(C)S(=O)(=O)c1ccc(F)cc1. The summed E-state index contributed by atoms with van der Waals surface area (Å²) in [4.78, 5) is 15.7. The lowest BCUT2D eigenvalue weighted by atomic mass is 10.0. The molecule has 4 rings (SSSR count). The summed E-state index contributed by atoms with van der Waals surface area (Å²) in [6, 6.07) is 11.6. The minimum atomic E-state index is -3.97. The summed E-state index contributed by atoms with van der Waals surface area (Å²) >= 11 is 1.06. The van der Waals surface area contributed by atoms with Crippen molar-refractivity contribution in [1.29, 1.82) is 0 Å². The number of aliphatic hydroxyl groups excluding tert-OH is 1. The Hall–Kier alpha value is -3.08. The second-order valence-corrected chi connectivity index (χ2v) is 16.7. The zero-order valence-electron chi connectivity index (χ0n) is 26.8. The largest absolute Gasteiger partial charge is 0.490 e. The number of fused-ring (bicyclic) bond motifs is 1. The Balaban J connectivity index is 1.67. The van der Waals surface area contributed by atoms with E-state index in [4.69, 9.17) is 9.47 Å². The topological polar surface area (TPSA) is 143 Å². The van der Waals surface area contributed by atoms with Crippen LogP contribution < -0.4 is 9.46 Å². The second kappa shape index (κ2) is 15.9. The summed E-state index contributed by atoms with van der Waals surface area (Å²) in [6.07, 6.45) is 1.12. The molecule has 15 heteroatoms. The van der Waals surface area contributed by atoms with Crippen LogP contribution in [0.4, 0.5) is 10.1 Å². The fraction of sp³-hybridized carbons (Fsp3) is 0.469. The Kier molecular flexibility index (Phi) is 12.4. The summed E-state index contributed by atoms with van der Waals surface area (Å²) in [5.41, 5.74) is 0.280. The molecule has 11 nitrogen and oxygen atoms in total. The molecule has 0 radical (unpaired) electrons. The Morgan fingerprint density at radius 3 is 2.49 bits per heavy atom. The van der Waals surface area contributed by atoms with E-state index in [0.717, 1.165) is 34.2 Å². The molecule has 0 spiro atoms. The van der Waals surface area contributed by atoms with Crippen LogP contribution in [0.15, 0.2) is 69.1 Å². The van der Waals surface area contributed by atoms with E-state index < -0.39 is 49.8 Å². The van der Waals surface area contributed by atoms with Crippen molar-refractivity contribution in [1.82, 2.24) is 9.21 Å². The molecule has 2 N–H and O–H groups in total. The molecule has 2 heterocycles. The number of likely N-dealkylation sites (N-methyl/N-ethyl adjacent to an activating group) is 1. The van der Waals surface area contributed by atoms with Gasteiger partial charge in [-0.05, 0) is 87.0 Å². The summed E-state index contributed by atoms with van der Waals surface area (Å²) in [6.45, 7) is 5.42. The highest BCUT2D eigenvalue weighted by Crippen LogP contribution is 2.30. The van der Waals surface area contributed by atoms with Gasteiger partial charge in [-0.25, -0.2) is 21.2 Å². The van der Waals surface area contributed by atoms with E-state index in [2.05, 4.69) is 4.72 Å². The lowest BCUT2D eigenvalue weighted by Gasteiger charge is -2.35. The molecule has 3 aromatic rings. The highest BCUT2D eigenvalue weighted by Gasteiger charge is 2.32. The van der Waals surface area contributed by atoms with E-state index in [-0.39, 0.29) is 51.9 Å². The number of halogens is 1. The van der Waals surface area contributed by atoms with Crippen LogP contribution in [0, 0.1) is 11.7 Å². The third-order valence-corrected chi connectivity index (χ3v) is 12.6. The number of nitrogens with one attached hydrogen (secondary N) is 1. The number of benzene rings is 2. The smallest absolute Gasteiger partial charge is 0.271 e. The molecule has 0 saturated carbocycles. The molecule has 1 aliphatic rings. The van der Waals surface area contributed by atoms with Gasteiger partial charge in [0.1, 0.15) is 15.8 Å². The van der Waals surface area contributed by atoms with Crippen molar-refractivity contribution >= 4 is 43.0 Å². The standard InChI is InChI=1S/C32H42FN3O8S3/c1-22-19-36(23(2)21-37)32(38)28-18-26(34-46(39,40)31-9-7-17-45-31)12-15-29(28)44-24(3)8-5-6-16-43-30(22)20-35(4)47(41,42)27-13-10-25(33)11-14-27/h7,9-15,17-18,22-24,30,34,37H,5-6,8,16,19-21H2,1-4H3/t22-,23-,24+,30+/m1/s1. The highest BCUT2D eigenvalue weighted by molar-refractivity contribution is 7.94. The number of carbonyl (C=O) groups is 1. The number of rotatable bonds is 9. The van der Waals surface area contributed by atoms with Crippen LogP contribution >= 0.6 is 11.3 Å². The Morgan fingerprint density at radius 1 is 1.11 bits per heavy atom. The Morgan fingerprint density at radius 2 is 1.83 bits per heavy atom. The van der Waals surface area contributed by atoms with E-state index in [1.54, 1.807) is 24.4 Å². The minimum Gasteiger partial charge on any atom is -0.490 e. The number of aliphatic hydroxyl groups is 1. The molecule has 0 fully saturated rings. The third-order valence-electron chi connectivity index (χ3n) is 8.02. The van der Waals surface area contributed by atoms with Gasteiger partial charge in [0.2, 0.25) is 10.0 Å². The second-order valence-electron chi connectivity index (χ2n) is 11.8. The van der Waals surface area contributed by atoms with Gasteiger partial charge in [0, 0.05) is 38.3 Å². The van der Waals surface area contributed by atoms with Crippen molar-refractivity contribution < 1.29 is 40.6 Å². The highest BCUT2D eigenvalue weighted by atomic mass is 32.2. The molecule has 0 saturated heterocycles. The van der Waals surface area contributed by atoms with Crippen molar-refractivity contribution in [3.8, 4) is 5.75 Å². The Bertz CT molecular complexity index is 1700. The van der Waals surface area contributed by atoms with E-state index in [0.29, 0.717) is 19.4 Å². The molecule has 47 heavy (non-hydrogen) atoms. The molecule has 4 atom stereocenters. The maximum atomic E-state index is 14.3. The first-order valence-corrected chi connectivity index (χ1v) is 19.2. The lowest BCUT2D eigenvalue weighted by molar-refractivity contribution is -0.00833. The maximum Gasteiger partial charge on any atom is 0.271 e. The van der Waals surface area contributed by atoms with Crippen molar-refractivity contribution in [2.45, 2.75) is 67.4 Å². The van der Waals surface area contributed by atoms with Crippen LogP contribution in [0.3, 0.4) is 0 Å². The number of thiophene rings is 1. The predicted molar refractivity (Wildman–Crippen MR) is 178 cm³/mol. The number of sulfonamides is 2. The van der Waals surface area contributed by atoms with Crippen molar-refractivity contribution in [3.63, 3.8) is 0 Å². The van der Waals surface area contributed by atoms with Gasteiger partial charge in [-0.3, -0.25) is 9.52 Å². The van der Waals surface area contributed by atoms with E-state index in [1.165, 1.54) is 42.3 Å². The van der Waals surface area contributed by atoms with E-state index >= 15 is 0 Å². The fourth-order valence-corrected chi connectivity index (χ4v) is 8.43. The summed E-state index contributed by atoms with van der Waals surface area (Å²) in [7, 11) is -6.45. The molecule has 2 aromatic carbocycles. The molecule has 258 valence electrons. The van der Waals surface area contributed by atoms with Gasteiger partial charge in [-0.2, -0.15) is 4.31 Å². The van der Waals surface area contributed by atoms with Gasteiger partial charge in [0.15, 0.2) is 0 Å². The molecule has 1 aliphatic heterocycles.